The minimum Gasteiger partial charge on any atom is -0.382 e. The Morgan fingerprint density at radius 3 is 2.72 bits per heavy atom. The summed E-state index contributed by atoms with van der Waals surface area (Å²) < 4.78 is 17.3. The van der Waals surface area contributed by atoms with Gasteiger partial charge in [0.2, 0.25) is 0 Å². The number of nitrogen functional groups attached to an aromatic ring is 1. The lowest BCUT2D eigenvalue weighted by Crippen LogP contribution is -1.94. The highest BCUT2D eigenvalue weighted by Crippen LogP contribution is 2.31. The molecule has 0 radical (unpaired) electrons. The van der Waals surface area contributed by atoms with E-state index in [1.54, 1.807) is 21.4 Å². The fourth-order valence-electron chi connectivity index (χ4n) is 2.36. The van der Waals surface area contributed by atoms with Crippen molar-refractivity contribution in [3.05, 3.63) is 36.3 Å². The van der Waals surface area contributed by atoms with Gasteiger partial charge in [-0.25, -0.2) is 4.39 Å². The fraction of sp³-hybridized carbons (Fsp3) is 0.154. The molecule has 0 unspecified atom stereocenters. The lowest BCUT2D eigenvalue weighted by atomic mass is 10.1. The summed E-state index contributed by atoms with van der Waals surface area (Å²) in [6.45, 7) is 0. The molecule has 1 aromatic carbocycles. The molecule has 2 N–H and O–H groups in total. The number of hydrogen-bond acceptors (Lipinski definition) is 2. The van der Waals surface area contributed by atoms with Gasteiger partial charge in [0.05, 0.1) is 11.2 Å². The van der Waals surface area contributed by atoms with Gasteiger partial charge in [-0.05, 0) is 6.07 Å². The van der Waals surface area contributed by atoms with Crippen LogP contribution in [0.5, 0.6) is 0 Å². The molecule has 92 valence electrons. The minimum atomic E-state index is -0.226. The molecule has 0 fully saturated rings. The molecule has 2 heterocycles. The summed E-state index contributed by atoms with van der Waals surface area (Å²) in [4.78, 5) is 0. The van der Waals surface area contributed by atoms with Crippen LogP contribution in [0.25, 0.3) is 22.2 Å². The molecule has 2 aromatic heterocycles. The van der Waals surface area contributed by atoms with Crippen LogP contribution in [-0.2, 0) is 14.1 Å². The van der Waals surface area contributed by atoms with Crippen LogP contribution in [0.2, 0.25) is 0 Å². The van der Waals surface area contributed by atoms with Crippen LogP contribution in [0.15, 0.2) is 30.5 Å². The van der Waals surface area contributed by atoms with Gasteiger partial charge >= 0.3 is 0 Å². The second kappa shape index (κ2) is 3.60. The Balaban J connectivity index is 2.37. The van der Waals surface area contributed by atoms with Crippen LogP contribution >= 0.6 is 0 Å². The highest BCUT2D eigenvalue weighted by molar-refractivity contribution is 5.95. The van der Waals surface area contributed by atoms with Gasteiger partial charge in [-0.3, -0.25) is 4.68 Å². The van der Waals surface area contributed by atoms with Crippen molar-refractivity contribution in [2.24, 2.45) is 14.1 Å². The van der Waals surface area contributed by atoms with E-state index in [0.29, 0.717) is 11.3 Å². The number of aryl methyl sites for hydroxylation is 2. The second-order valence-electron chi connectivity index (χ2n) is 4.37. The van der Waals surface area contributed by atoms with Crippen molar-refractivity contribution in [1.29, 1.82) is 0 Å². The highest BCUT2D eigenvalue weighted by atomic mass is 19.1. The molecule has 18 heavy (non-hydrogen) atoms. The van der Waals surface area contributed by atoms with Gasteiger partial charge in [0.25, 0.3) is 0 Å². The Hall–Kier alpha value is -2.30. The van der Waals surface area contributed by atoms with E-state index in [-0.39, 0.29) is 5.82 Å². The number of nitrogens with zero attached hydrogens (tertiary/aromatic N) is 3. The first-order valence-electron chi connectivity index (χ1n) is 5.61. The van der Waals surface area contributed by atoms with Gasteiger partial charge in [-0.1, -0.05) is 12.1 Å². The normalized spacial score (nSPS) is 11.3. The van der Waals surface area contributed by atoms with Crippen molar-refractivity contribution < 1.29 is 4.39 Å². The standard InChI is InChI=1S/C13H13FN4/c1-17-7-9(11-6-12(15)16-18(11)2)8-4-3-5-10(14)13(8)17/h3-7H,1-2H3,(H2,15,16). The Kier molecular flexibility index (Phi) is 2.16. The van der Waals surface area contributed by atoms with E-state index in [1.165, 1.54) is 6.07 Å². The Morgan fingerprint density at radius 2 is 2.06 bits per heavy atom. The molecule has 0 aliphatic heterocycles. The van der Waals surface area contributed by atoms with E-state index in [1.807, 2.05) is 26.4 Å². The van der Waals surface area contributed by atoms with Gasteiger partial charge in [0.15, 0.2) is 0 Å². The van der Waals surface area contributed by atoms with Gasteiger partial charge in [0, 0.05) is 37.3 Å². The largest absolute Gasteiger partial charge is 0.382 e. The van der Waals surface area contributed by atoms with E-state index < -0.39 is 0 Å². The van der Waals surface area contributed by atoms with E-state index in [4.69, 9.17) is 5.73 Å². The van der Waals surface area contributed by atoms with E-state index >= 15 is 0 Å². The van der Waals surface area contributed by atoms with Gasteiger partial charge in [-0.2, -0.15) is 5.10 Å². The molecule has 0 aliphatic carbocycles. The summed E-state index contributed by atoms with van der Waals surface area (Å²) in [7, 11) is 3.65. The Labute approximate surface area is 103 Å². The lowest BCUT2D eigenvalue weighted by Gasteiger charge is -1.99. The molecule has 0 saturated heterocycles. The lowest BCUT2D eigenvalue weighted by molar-refractivity contribution is 0.632. The molecule has 0 spiro atoms. The molecule has 4 nitrogen and oxygen atoms in total. The summed E-state index contributed by atoms with van der Waals surface area (Å²) in [5, 5.41) is 4.98. The SMILES string of the molecule is Cn1nc(N)cc1-c1cn(C)c2c(F)cccc12. The van der Waals surface area contributed by atoms with Crippen molar-refractivity contribution >= 4 is 16.7 Å². The zero-order valence-corrected chi connectivity index (χ0v) is 10.2. The molecular formula is C13H13FN4. The van der Waals surface area contributed by atoms with Crippen LogP contribution in [0.4, 0.5) is 10.2 Å². The van der Waals surface area contributed by atoms with Crippen LogP contribution < -0.4 is 5.73 Å². The minimum absolute atomic E-state index is 0.226. The first-order valence-corrected chi connectivity index (χ1v) is 5.61. The van der Waals surface area contributed by atoms with Gasteiger partial charge in [-0.15, -0.1) is 0 Å². The fourth-order valence-corrected chi connectivity index (χ4v) is 2.36. The quantitative estimate of drug-likeness (QED) is 0.714. The Morgan fingerprint density at radius 1 is 1.28 bits per heavy atom. The summed E-state index contributed by atoms with van der Waals surface area (Å²) in [6, 6.07) is 6.86. The average Bonchev–Trinajstić information content (AvgIpc) is 2.80. The van der Waals surface area contributed by atoms with E-state index in [2.05, 4.69) is 5.10 Å². The molecule has 3 aromatic rings. The number of anilines is 1. The third-order valence-electron chi connectivity index (χ3n) is 3.13. The average molecular weight is 244 g/mol. The van der Waals surface area contributed by atoms with Crippen LogP contribution in [0.1, 0.15) is 0 Å². The molecule has 0 saturated carbocycles. The maximum atomic E-state index is 13.8. The first kappa shape index (κ1) is 10.8. The molecule has 0 amide bonds. The monoisotopic (exact) mass is 244 g/mol. The van der Waals surface area contributed by atoms with Crippen LogP contribution in [0.3, 0.4) is 0 Å². The first-order chi connectivity index (χ1) is 8.58. The zero-order valence-electron chi connectivity index (χ0n) is 10.2. The molecule has 3 rings (SSSR count). The summed E-state index contributed by atoms with van der Waals surface area (Å²) in [5.41, 5.74) is 8.08. The zero-order chi connectivity index (χ0) is 12.9. The maximum absolute atomic E-state index is 13.8. The third kappa shape index (κ3) is 1.40. The Bertz CT molecular complexity index is 739. The molecular weight excluding hydrogens is 231 g/mol. The topological polar surface area (TPSA) is 48.8 Å². The number of fused-ring (bicyclic) bond motifs is 1. The van der Waals surface area contributed by atoms with Gasteiger partial charge < -0.3 is 10.3 Å². The highest BCUT2D eigenvalue weighted by Gasteiger charge is 2.14. The van der Waals surface area contributed by atoms with Crippen molar-refractivity contribution in [3.63, 3.8) is 0 Å². The second-order valence-corrected chi connectivity index (χ2v) is 4.37. The number of halogens is 1. The summed E-state index contributed by atoms with van der Waals surface area (Å²) >= 11 is 0. The number of nitrogens with two attached hydrogens (primary N) is 1. The van der Waals surface area contributed by atoms with Crippen molar-refractivity contribution in [3.8, 4) is 11.3 Å². The third-order valence-corrected chi connectivity index (χ3v) is 3.13. The van der Waals surface area contributed by atoms with Crippen LogP contribution in [0, 0.1) is 5.82 Å². The smallest absolute Gasteiger partial charge is 0.147 e. The molecule has 0 aliphatic rings. The number of para-hydroxylation sites is 1. The van der Waals surface area contributed by atoms with E-state index in [0.717, 1.165) is 16.6 Å². The summed E-state index contributed by atoms with van der Waals surface area (Å²) in [5.74, 6) is 0.234. The van der Waals surface area contributed by atoms with Crippen molar-refractivity contribution in [2.45, 2.75) is 0 Å². The molecule has 5 heteroatoms. The number of benzene rings is 1. The van der Waals surface area contributed by atoms with Gasteiger partial charge in [0.1, 0.15) is 11.6 Å². The number of hydrogen-bond donors (Lipinski definition) is 1. The molecule has 0 bridgehead atoms. The number of rotatable bonds is 1. The van der Waals surface area contributed by atoms with Crippen LogP contribution in [-0.4, -0.2) is 14.3 Å². The maximum Gasteiger partial charge on any atom is 0.147 e. The van der Waals surface area contributed by atoms with Crippen molar-refractivity contribution in [2.75, 3.05) is 5.73 Å². The number of aromatic nitrogens is 3. The summed E-state index contributed by atoms with van der Waals surface area (Å²) in [6.07, 6.45) is 1.89. The predicted molar refractivity (Wildman–Crippen MR) is 69.5 cm³/mol. The molecule has 0 atom stereocenters. The van der Waals surface area contributed by atoms with Crippen molar-refractivity contribution in [1.82, 2.24) is 14.3 Å². The van der Waals surface area contributed by atoms with E-state index in [9.17, 15) is 4.39 Å². The predicted octanol–water partition coefficient (Wildman–Crippen LogP) is 2.30.